The zero-order chi connectivity index (χ0) is 19.4. The van der Waals surface area contributed by atoms with Gasteiger partial charge in [0.25, 0.3) is 5.69 Å². The molecule has 8 nitrogen and oxygen atoms in total. The van der Waals surface area contributed by atoms with Gasteiger partial charge in [-0.05, 0) is 37.8 Å². The number of nitro benzene ring substituents is 1. The molecule has 3 rings (SSSR count). The number of nitro groups is 1. The van der Waals surface area contributed by atoms with E-state index in [0.29, 0.717) is 31.6 Å². The van der Waals surface area contributed by atoms with E-state index in [-0.39, 0.29) is 23.1 Å². The fourth-order valence-corrected chi connectivity index (χ4v) is 4.01. The van der Waals surface area contributed by atoms with E-state index in [9.17, 15) is 19.7 Å². The second kappa shape index (κ2) is 8.37. The standard InChI is InChI=1S/C19H26N4O4/c20-18(24)15-5-6-16(17(13-15)23(26)27)21-11-7-14(8-12-21)19(25)22-9-3-1-2-4-10-22/h5-6,13-14H,1-4,7-12H2,(H2,20,24). The molecule has 0 spiro atoms. The van der Waals surface area contributed by atoms with Gasteiger partial charge >= 0.3 is 0 Å². The molecule has 2 saturated heterocycles. The second-order valence-electron chi connectivity index (χ2n) is 7.33. The summed E-state index contributed by atoms with van der Waals surface area (Å²) < 4.78 is 0. The van der Waals surface area contributed by atoms with Crippen molar-refractivity contribution in [3.05, 3.63) is 33.9 Å². The molecular weight excluding hydrogens is 348 g/mol. The van der Waals surface area contributed by atoms with Crippen molar-refractivity contribution in [1.29, 1.82) is 0 Å². The molecule has 2 aliphatic rings. The highest BCUT2D eigenvalue weighted by Crippen LogP contribution is 2.33. The summed E-state index contributed by atoms with van der Waals surface area (Å²) >= 11 is 0. The fourth-order valence-electron chi connectivity index (χ4n) is 4.01. The molecule has 2 aliphatic heterocycles. The van der Waals surface area contributed by atoms with Gasteiger partial charge in [0.05, 0.1) is 4.92 Å². The Morgan fingerprint density at radius 1 is 1.04 bits per heavy atom. The minimum Gasteiger partial charge on any atom is -0.366 e. The predicted octanol–water partition coefficient (Wildman–Crippen LogP) is 2.31. The number of carbonyl (C=O) groups is 2. The van der Waals surface area contributed by atoms with E-state index in [4.69, 9.17) is 5.73 Å². The van der Waals surface area contributed by atoms with Crippen LogP contribution in [-0.4, -0.2) is 47.8 Å². The van der Waals surface area contributed by atoms with Crippen LogP contribution in [0.2, 0.25) is 0 Å². The van der Waals surface area contributed by atoms with Gasteiger partial charge in [0.2, 0.25) is 11.8 Å². The number of benzene rings is 1. The number of nitrogens with two attached hydrogens (primary N) is 1. The Morgan fingerprint density at radius 3 is 2.22 bits per heavy atom. The molecule has 1 aromatic carbocycles. The first-order valence-corrected chi connectivity index (χ1v) is 9.59. The Morgan fingerprint density at radius 2 is 1.67 bits per heavy atom. The smallest absolute Gasteiger partial charge is 0.293 e. The van der Waals surface area contributed by atoms with Gasteiger partial charge < -0.3 is 15.5 Å². The number of hydrogen-bond acceptors (Lipinski definition) is 5. The summed E-state index contributed by atoms with van der Waals surface area (Å²) in [7, 11) is 0. The maximum absolute atomic E-state index is 12.8. The number of likely N-dealkylation sites (tertiary alicyclic amines) is 1. The van der Waals surface area contributed by atoms with Gasteiger partial charge in [-0.15, -0.1) is 0 Å². The number of primary amides is 1. The zero-order valence-electron chi connectivity index (χ0n) is 15.4. The van der Waals surface area contributed by atoms with Crippen LogP contribution in [0.1, 0.15) is 48.9 Å². The van der Waals surface area contributed by atoms with Crippen LogP contribution in [0, 0.1) is 16.0 Å². The lowest BCUT2D eigenvalue weighted by atomic mass is 9.94. The maximum Gasteiger partial charge on any atom is 0.293 e. The Balaban J connectivity index is 1.67. The van der Waals surface area contributed by atoms with Crippen molar-refractivity contribution in [2.75, 3.05) is 31.1 Å². The van der Waals surface area contributed by atoms with E-state index in [2.05, 4.69) is 0 Å². The van der Waals surface area contributed by atoms with E-state index < -0.39 is 10.8 Å². The van der Waals surface area contributed by atoms with Crippen LogP contribution in [0.25, 0.3) is 0 Å². The van der Waals surface area contributed by atoms with Gasteiger partial charge in [0, 0.05) is 43.7 Å². The van der Waals surface area contributed by atoms with Crippen LogP contribution in [0.15, 0.2) is 18.2 Å². The van der Waals surface area contributed by atoms with E-state index in [1.807, 2.05) is 9.80 Å². The Labute approximate surface area is 158 Å². The van der Waals surface area contributed by atoms with Gasteiger partial charge in [0.15, 0.2) is 0 Å². The van der Waals surface area contributed by atoms with Crippen molar-refractivity contribution in [1.82, 2.24) is 4.90 Å². The third kappa shape index (κ3) is 4.37. The van der Waals surface area contributed by atoms with Gasteiger partial charge in [-0.25, -0.2) is 0 Å². The van der Waals surface area contributed by atoms with E-state index in [1.54, 1.807) is 6.07 Å². The molecule has 27 heavy (non-hydrogen) atoms. The molecule has 8 heteroatoms. The molecule has 2 heterocycles. The molecule has 2 N–H and O–H groups in total. The zero-order valence-corrected chi connectivity index (χ0v) is 15.4. The van der Waals surface area contributed by atoms with Crippen molar-refractivity contribution in [3.63, 3.8) is 0 Å². The number of amides is 2. The van der Waals surface area contributed by atoms with Crippen molar-refractivity contribution in [2.45, 2.75) is 38.5 Å². The Bertz CT molecular complexity index is 720. The topological polar surface area (TPSA) is 110 Å². The van der Waals surface area contributed by atoms with Gasteiger partial charge in [-0.1, -0.05) is 12.8 Å². The first-order valence-electron chi connectivity index (χ1n) is 9.59. The highest BCUT2D eigenvalue weighted by Gasteiger charge is 2.31. The third-order valence-electron chi connectivity index (χ3n) is 5.56. The fraction of sp³-hybridized carbons (Fsp3) is 0.579. The van der Waals surface area contributed by atoms with Crippen LogP contribution in [0.5, 0.6) is 0 Å². The molecule has 2 fully saturated rings. The van der Waals surface area contributed by atoms with Crippen LogP contribution in [0.4, 0.5) is 11.4 Å². The van der Waals surface area contributed by atoms with E-state index >= 15 is 0 Å². The minimum atomic E-state index is -0.689. The number of piperidine rings is 1. The number of nitrogens with zero attached hydrogens (tertiary/aromatic N) is 3. The van der Waals surface area contributed by atoms with E-state index in [1.165, 1.54) is 25.0 Å². The summed E-state index contributed by atoms with van der Waals surface area (Å²) in [6.45, 7) is 2.86. The molecule has 1 aromatic rings. The summed E-state index contributed by atoms with van der Waals surface area (Å²) in [5.41, 5.74) is 5.71. The van der Waals surface area contributed by atoms with Gasteiger partial charge in [-0.2, -0.15) is 0 Å². The van der Waals surface area contributed by atoms with Crippen molar-refractivity contribution < 1.29 is 14.5 Å². The highest BCUT2D eigenvalue weighted by molar-refractivity contribution is 5.94. The first-order chi connectivity index (χ1) is 13.0. The lowest BCUT2D eigenvalue weighted by Crippen LogP contribution is -2.43. The van der Waals surface area contributed by atoms with E-state index in [0.717, 1.165) is 25.9 Å². The molecule has 146 valence electrons. The van der Waals surface area contributed by atoms with Crippen molar-refractivity contribution >= 4 is 23.2 Å². The average Bonchev–Trinajstić information content (AvgIpc) is 2.96. The lowest BCUT2D eigenvalue weighted by molar-refractivity contribution is -0.384. The summed E-state index contributed by atoms with van der Waals surface area (Å²) in [5, 5.41) is 11.4. The first kappa shape index (κ1) is 19.1. The molecule has 0 saturated carbocycles. The quantitative estimate of drug-likeness (QED) is 0.642. The number of hydrogen-bond donors (Lipinski definition) is 1. The monoisotopic (exact) mass is 374 g/mol. The summed E-state index contributed by atoms with van der Waals surface area (Å²) in [4.78, 5) is 38.9. The normalized spacial score (nSPS) is 18.8. The number of carbonyl (C=O) groups excluding carboxylic acids is 2. The van der Waals surface area contributed by atoms with Crippen LogP contribution in [0.3, 0.4) is 0 Å². The van der Waals surface area contributed by atoms with Crippen LogP contribution in [-0.2, 0) is 4.79 Å². The number of anilines is 1. The molecular formula is C19H26N4O4. The lowest BCUT2D eigenvalue weighted by Gasteiger charge is -2.35. The Kier molecular flexibility index (Phi) is 5.93. The molecule has 0 aromatic heterocycles. The molecule has 0 aliphatic carbocycles. The highest BCUT2D eigenvalue weighted by atomic mass is 16.6. The molecule has 2 amide bonds. The SMILES string of the molecule is NC(=O)c1ccc(N2CCC(C(=O)N3CCCCCC3)CC2)c([N+](=O)[O-])c1. The molecule has 0 unspecified atom stereocenters. The summed E-state index contributed by atoms with van der Waals surface area (Å²) in [6, 6.07) is 4.32. The number of rotatable bonds is 4. The molecule has 0 atom stereocenters. The third-order valence-corrected chi connectivity index (χ3v) is 5.56. The molecule has 0 bridgehead atoms. The summed E-state index contributed by atoms with van der Waals surface area (Å²) in [6.07, 6.45) is 5.89. The largest absolute Gasteiger partial charge is 0.366 e. The van der Waals surface area contributed by atoms with Crippen molar-refractivity contribution in [3.8, 4) is 0 Å². The van der Waals surface area contributed by atoms with Crippen LogP contribution < -0.4 is 10.6 Å². The van der Waals surface area contributed by atoms with Crippen molar-refractivity contribution in [2.24, 2.45) is 11.7 Å². The Hall–Kier alpha value is -2.64. The second-order valence-corrected chi connectivity index (χ2v) is 7.33. The van der Waals surface area contributed by atoms with Gasteiger partial charge in [-0.3, -0.25) is 19.7 Å². The van der Waals surface area contributed by atoms with Crippen LogP contribution >= 0.6 is 0 Å². The maximum atomic E-state index is 12.8. The minimum absolute atomic E-state index is 0.0108. The average molecular weight is 374 g/mol. The molecule has 0 radical (unpaired) electrons. The summed E-state index contributed by atoms with van der Waals surface area (Å²) in [5.74, 6) is -0.468. The van der Waals surface area contributed by atoms with Gasteiger partial charge in [0.1, 0.15) is 5.69 Å². The predicted molar refractivity (Wildman–Crippen MR) is 102 cm³/mol.